The van der Waals surface area contributed by atoms with Crippen LogP contribution in [0.25, 0.3) is 0 Å². The van der Waals surface area contributed by atoms with Gasteiger partial charge in [0.15, 0.2) is 6.23 Å². The molecule has 0 amide bonds. The number of aromatic nitrogens is 2. The molecule has 6 atom stereocenters. The van der Waals surface area contributed by atoms with Gasteiger partial charge < -0.3 is 46.9 Å². The van der Waals surface area contributed by atoms with Crippen LogP contribution in [0.5, 0.6) is 11.5 Å². The number of aromatic amines is 1. The standard InChI is InChI=1S/C48H61N4O14P/c1-32(2)52(33(3)4)67(63-27-12-25-49)66-44-42(30-62-48(36-13-10-9-11-14-36,37-15-19-39(57-7)20-16-37)38-17-21-40(58-8)22-18-38)65-46(51-26-23-43(55)50-47(51)56)45(44)61-31-59-28-24-41(64-35(6)54)29-60-34(5)53/h9-11,13-23,26,32-33,41-42,44-46H,12,24,27-31H2,1-8H3,(H,50,55,56)/t41?,42-,44?,45+,46-,67?/m1/s1. The molecule has 18 nitrogen and oxygen atoms in total. The van der Waals surface area contributed by atoms with E-state index in [9.17, 15) is 24.4 Å². The van der Waals surface area contributed by atoms with E-state index in [1.807, 2.05) is 107 Å². The Bertz CT molecular complexity index is 2260. The van der Waals surface area contributed by atoms with Crippen molar-refractivity contribution in [1.29, 1.82) is 5.26 Å². The molecule has 1 aromatic heterocycles. The number of nitrogens with one attached hydrogen (secondary N) is 1. The van der Waals surface area contributed by atoms with Gasteiger partial charge >= 0.3 is 17.6 Å². The third kappa shape index (κ3) is 14.0. The number of hydrogen-bond donors (Lipinski definition) is 1. The van der Waals surface area contributed by atoms with E-state index in [0.717, 1.165) is 16.7 Å². The van der Waals surface area contributed by atoms with Crippen LogP contribution in [0.3, 0.4) is 0 Å². The average Bonchev–Trinajstić information content (AvgIpc) is 3.64. The maximum Gasteiger partial charge on any atom is 0.330 e. The van der Waals surface area contributed by atoms with Crippen molar-refractivity contribution in [2.45, 2.75) is 103 Å². The highest BCUT2D eigenvalue weighted by Crippen LogP contribution is 2.51. The van der Waals surface area contributed by atoms with Crippen molar-refractivity contribution in [3.05, 3.63) is 129 Å². The first kappa shape index (κ1) is 52.5. The number of carbonyl (C=O) groups excluding carboxylic acids is 2. The molecule has 2 heterocycles. The van der Waals surface area contributed by atoms with Crippen LogP contribution >= 0.6 is 8.53 Å². The lowest BCUT2D eigenvalue weighted by Gasteiger charge is -2.39. The summed E-state index contributed by atoms with van der Waals surface area (Å²) in [6.07, 6.45) is -3.62. The van der Waals surface area contributed by atoms with Crippen molar-refractivity contribution >= 4 is 20.5 Å². The summed E-state index contributed by atoms with van der Waals surface area (Å²) in [5.74, 6) is 0.190. The van der Waals surface area contributed by atoms with Gasteiger partial charge in [-0.15, -0.1) is 0 Å². The number of hydrogen-bond acceptors (Lipinski definition) is 16. The van der Waals surface area contributed by atoms with Crippen LogP contribution in [0.4, 0.5) is 0 Å². The summed E-state index contributed by atoms with van der Waals surface area (Å²) in [5, 5.41) is 9.50. The Morgan fingerprint density at radius 2 is 1.46 bits per heavy atom. The smallest absolute Gasteiger partial charge is 0.330 e. The minimum absolute atomic E-state index is 0.00982. The summed E-state index contributed by atoms with van der Waals surface area (Å²) >= 11 is 0. The summed E-state index contributed by atoms with van der Waals surface area (Å²) in [7, 11) is 1.24. The maximum absolute atomic E-state index is 13.6. The summed E-state index contributed by atoms with van der Waals surface area (Å²) in [6, 6.07) is 27.9. The minimum Gasteiger partial charge on any atom is -0.497 e. The van der Waals surface area contributed by atoms with Gasteiger partial charge in [-0.25, -0.2) is 9.46 Å². The van der Waals surface area contributed by atoms with E-state index < -0.39 is 68.0 Å². The van der Waals surface area contributed by atoms with E-state index in [2.05, 4.69) is 15.7 Å². The van der Waals surface area contributed by atoms with Crippen molar-refractivity contribution in [2.75, 3.05) is 47.4 Å². The molecule has 19 heteroatoms. The molecule has 362 valence electrons. The van der Waals surface area contributed by atoms with E-state index in [1.54, 1.807) is 14.2 Å². The quantitative estimate of drug-likeness (QED) is 0.0239. The fourth-order valence-corrected chi connectivity index (χ4v) is 9.47. The molecule has 0 saturated carbocycles. The largest absolute Gasteiger partial charge is 0.497 e. The number of rotatable bonds is 26. The lowest BCUT2D eigenvalue weighted by Crippen LogP contribution is -2.43. The number of nitrogens with zero attached hydrogens (tertiary/aromatic N) is 3. The molecular formula is C48H61N4O14P. The van der Waals surface area contributed by atoms with Gasteiger partial charge in [-0.1, -0.05) is 54.6 Å². The molecule has 1 fully saturated rings. The van der Waals surface area contributed by atoms with Crippen LogP contribution in [0.15, 0.2) is 101 Å². The predicted molar refractivity (Wildman–Crippen MR) is 246 cm³/mol. The predicted octanol–water partition coefficient (Wildman–Crippen LogP) is 6.37. The lowest BCUT2D eigenvalue weighted by atomic mass is 9.80. The molecule has 67 heavy (non-hydrogen) atoms. The normalized spacial score (nSPS) is 18.1. The molecule has 0 bridgehead atoms. The SMILES string of the molecule is COc1ccc(C(OC[C@H]2O[C@@H](n3ccc(=O)[nH]c3=O)[C@@H](OCOCCC(COC(C)=O)OC(C)=O)C2OP(OCCC#N)N(C(C)C)C(C)C)(c2ccccc2)c2ccc(OC)cc2)cc1. The highest BCUT2D eigenvalue weighted by molar-refractivity contribution is 7.44. The average molecular weight is 949 g/mol. The number of benzene rings is 3. The first-order chi connectivity index (χ1) is 32.2. The van der Waals surface area contributed by atoms with Gasteiger partial charge in [0.1, 0.15) is 54.9 Å². The topological polar surface area (TPSA) is 208 Å². The molecule has 0 aliphatic carbocycles. The Hall–Kier alpha value is -5.48. The molecule has 4 aromatic rings. The van der Waals surface area contributed by atoms with Crippen molar-refractivity contribution in [3.8, 4) is 17.6 Å². The number of carbonyl (C=O) groups is 2. The molecule has 5 rings (SSSR count). The first-order valence-corrected chi connectivity index (χ1v) is 23.1. The number of nitriles is 1. The van der Waals surface area contributed by atoms with Gasteiger partial charge in [0, 0.05) is 44.6 Å². The molecule has 1 N–H and O–H groups in total. The van der Waals surface area contributed by atoms with Gasteiger partial charge in [-0.3, -0.25) is 23.9 Å². The number of ether oxygens (including phenoxy) is 8. The van der Waals surface area contributed by atoms with Crippen LogP contribution in [-0.4, -0.2) is 110 Å². The van der Waals surface area contributed by atoms with Crippen LogP contribution in [-0.2, 0) is 52.7 Å². The number of H-pyrrole nitrogens is 1. The van der Waals surface area contributed by atoms with Gasteiger partial charge in [0.25, 0.3) is 14.1 Å². The van der Waals surface area contributed by atoms with Crippen LogP contribution in [0.1, 0.15) is 77.3 Å². The second kappa shape index (κ2) is 25.6. The summed E-state index contributed by atoms with van der Waals surface area (Å²) in [5.41, 5.74) is -0.388. The minimum atomic E-state index is -1.95. The molecule has 0 radical (unpaired) electrons. The molecule has 1 aliphatic heterocycles. The van der Waals surface area contributed by atoms with Gasteiger partial charge in [-0.05, 0) is 68.7 Å². The maximum atomic E-state index is 13.6. The Morgan fingerprint density at radius 3 is 2.00 bits per heavy atom. The Morgan fingerprint density at radius 1 is 0.851 bits per heavy atom. The summed E-state index contributed by atoms with van der Waals surface area (Å²) in [4.78, 5) is 51.6. The third-order valence-corrected chi connectivity index (χ3v) is 12.8. The molecule has 1 aliphatic rings. The molecule has 3 unspecified atom stereocenters. The third-order valence-electron chi connectivity index (χ3n) is 10.7. The van der Waals surface area contributed by atoms with Crippen molar-refractivity contribution in [2.24, 2.45) is 0 Å². The molecule has 3 aromatic carbocycles. The summed E-state index contributed by atoms with van der Waals surface area (Å²) < 4.78 is 64.8. The monoisotopic (exact) mass is 948 g/mol. The van der Waals surface area contributed by atoms with Crippen LogP contribution < -0.4 is 20.7 Å². The van der Waals surface area contributed by atoms with E-state index in [4.69, 9.17) is 46.9 Å². The number of esters is 2. The zero-order valence-electron chi connectivity index (χ0n) is 39.2. The van der Waals surface area contributed by atoms with E-state index in [0.29, 0.717) is 11.5 Å². The fraction of sp³-hybridized carbons (Fsp3) is 0.479. The zero-order valence-corrected chi connectivity index (χ0v) is 40.1. The highest BCUT2D eigenvalue weighted by atomic mass is 31.2. The van der Waals surface area contributed by atoms with Crippen molar-refractivity contribution in [3.63, 3.8) is 0 Å². The lowest BCUT2D eigenvalue weighted by molar-refractivity contribution is -0.160. The van der Waals surface area contributed by atoms with Crippen molar-refractivity contribution in [1.82, 2.24) is 14.2 Å². The Kier molecular flexibility index (Phi) is 20.1. The van der Waals surface area contributed by atoms with Crippen molar-refractivity contribution < 1.29 is 56.5 Å². The van der Waals surface area contributed by atoms with E-state index in [-0.39, 0.29) is 58.1 Å². The Balaban J connectivity index is 1.62. The van der Waals surface area contributed by atoms with E-state index in [1.165, 1.54) is 30.7 Å². The summed E-state index contributed by atoms with van der Waals surface area (Å²) in [6.45, 7) is 9.89. The Labute approximate surface area is 391 Å². The van der Waals surface area contributed by atoms with Gasteiger partial charge in [0.05, 0.1) is 46.5 Å². The number of methoxy groups -OCH3 is 2. The molecule has 1 saturated heterocycles. The first-order valence-electron chi connectivity index (χ1n) is 21.9. The molecular weight excluding hydrogens is 888 g/mol. The zero-order chi connectivity index (χ0) is 48.5. The van der Waals surface area contributed by atoms with Gasteiger partial charge in [-0.2, -0.15) is 5.26 Å². The molecule has 0 spiro atoms. The van der Waals surface area contributed by atoms with Crippen LogP contribution in [0.2, 0.25) is 0 Å². The van der Waals surface area contributed by atoms with Gasteiger partial charge in [0.2, 0.25) is 0 Å². The second-order valence-electron chi connectivity index (χ2n) is 16.0. The second-order valence-corrected chi connectivity index (χ2v) is 17.4. The van der Waals surface area contributed by atoms with E-state index >= 15 is 0 Å². The van der Waals surface area contributed by atoms with Crippen LogP contribution in [0, 0.1) is 11.3 Å². The fourth-order valence-electron chi connectivity index (χ4n) is 7.70. The highest BCUT2D eigenvalue weighted by Gasteiger charge is 2.51.